The molecule has 1 aliphatic rings. The van der Waals surface area contributed by atoms with Gasteiger partial charge in [-0.05, 0) is 80.8 Å². The molecule has 144 valence electrons. The minimum absolute atomic E-state index is 0. The van der Waals surface area contributed by atoms with Crippen molar-refractivity contribution >= 4 is 12.4 Å². The van der Waals surface area contributed by atoms with Crippen LogP contribution >= 0.6 is 12.4 Å². The topological polar surface area (TPSA) is 12.5 Å². The van der Waals surface area contributed by atoms with Crippen molar-refractivity contribution in [1.82, 2.24) is 4.90 Å². The predicted octanol–water partition coefficient (Wildman–Crippen LogP) is 6.08. The second-order valence-corrected chi connectivity index (χ2v) is 8.56. The third-order valence-electron chi connectivity index (χ3n) is 5.22. The fourth-order valence-corrected chi connectivity index (χ4v) is 3.42. The second kappa shape index (κ2) is 11.1. The van der Waals surface area contributed by atoms with Gasteiger partial charge in [-0.1, -0.05) is 46.2 Å². The Morgan fingerprint density at radius 2 is 1.64 bits per heavy atom. The molecule has 0 bridgehead atoms. The average Bonchev–Trinajstić information content (AvgIpc) is 2.55. The molecule has 0 N–H and O–H groups in total. The van der Waals surface area contributed by atoms with Gasteiger partial charge in [0.25, 0.3) is 0 Å². The fraction of sp³-hybridized carbons (Fsp3) is 0.727. The molecule has 1 unspecified atom stereocenters. The number of piperidine rings is 1. The van der Waals surface area contributed by atoms with Crippen LogP contribution in [0, 0.1) is 5.92 Å². The summed E-state index contributed by atoms with van der Waals surface area (Å²) in [5.41, 5.74) is 1.57. The van der Waals surface area contributed by atoms with E-state index in [0.717, 1.165) is 24.7 Å². The number of likely N-dealkylation sites (tertiary alicyclic amines) is 1. The van der Waals surface area contributed by atoms with Crippen molar-refractivity contribution in [2.24, 2.45) is 5.92 Å². The molecule has 0 radical (unpaired) electrons. The first-order valence-corrected chi connectivity index (χ1v) is 9.91. The van der Waals surface area contributed by atoms with Crippen molar-refractivity contribution in [1.29, 1.82) is 0 Å². The van der Waals surface area contributed by atoms with Crippen LogP contribution in [0.1, 0.15) is 71.8 Å². The summed E-state index contributed by atoms with van der Waals surface area (Å²) in [6, 6.07) is 8.61. The van der Waals surface area contributed by atoms with E-state index in [2.05, 4.69) is 56.9 Å². The Balaban J connectivity index is 0.00000312. The van der Waals surface area contributed by atoms with E-state index >= 15 is 0 Å². The van der Waals surface area contributed by atoms with Crippen molar-refractivity contribution in [2.75, 3.05) is 26.2 Å². The molecule has 1 aliphatic heterocycles. The van der Waals surface area contributed by atoms with Crippen LogP contribution in [0.15, 0.2) is 24.3 Å². The maximum absolute atomic E-state index is 5.93. The van der Waals surface area contributed by atoms with Crippen LogP contribution in [0.5, 0.6) is 5.75 Å². The molecule has 0 aliphatic carbocycles. The van der Waals surface area contributed by atoms with Crippen LogP contribution in [0.3, 0.4) is 0 Å². The summed E-state index contributed by atoms with van der Waals surface area (Å²) in [6.07, 6.45) is 8.04. The van der Waals surface area contributed by atoms with Crippen LogP contribution in [0.2, 0.25) is 0 Å². The summed E-state index contributed by atoms with van der Waals surface area (Å²) in [6.45, 7) is 13.9. The highest BCUT2D eigenvalue weighted by atomic mass is 35.5. The standard InChI is InChI=1S/C22H37NO.ClH/c1-19(9-8-17-23-15-6-5-7-16-23)14-18-24-21-12-10-20(11-13-21)22(2,3)4;/h10-13,19H,5-9,14-18H2,1-4H3;1H. The largest absolute Gasteiger partial charge is 0.494 e. The first-order valence-electron chi connectivity index (χ1n) is 9.91. The van der Waals surface area contributed by atoms with Gasteiger partial charge in [0.05, 0.1) is 6.61 Å². The summed E-state index contributed by atoms with van der Waals surface area (Å²) >= 11 is 0. The number of rotatable bonds is 8. The van der Waals surface area contributed by atoms with Crippen LogP contribution in [-0.2, 0) is 5.41 Å². The van der Waals surface area contributed by atoms with E-state index in [0.29, 0.717) is 0 Å². The molecule has 1 aromatic rings. The van der Waals surface area contributed by atoms with Crippen molar-refractivity contribution in [3.63, 3.8) is 0 Å². The molecule has 1 atom stereocenters. The smallest absolute Gasteiger partial charge is 0.119 e. The molecule has 2 nitrogen and oxygen atoms in total. The lowest BCUT2D eigenvalue weighted by Crippen LogP contribution is -2.30. The van der Waals surface area contributed by atoms with Crippen LogP contribution < -0.4 is 4.74 Å². The normalized spacial score (nSPS) is 17.0. The zero-order chi connectivity index (χ0) is 17.4. The van der Waals surface area contributed by atoms with E-state index in [9.17, 15) is 0 Å². The van der Waals surface area contributed by atoms with Crippen LogP contribution in [0.4, 0.5) is 0 Å². The number of ether oxygens (including phenoxy) is 1. The molecule has 3 heteroatoms. The molecule has 0 spiro atoms. The Morgan fingerprint density at radius 1 is 1.00 bits per heavy atom. The second-order valence-electron chi connectivity index (χ2n) is 8.56. The van der Waals surface area contributed by atoms with E-state index in [-0.39, 0.29) is 17.8 Å². The van der Waals surface area contributed by atoms with Gasteiger partial charge in [0.1, 0.15) is 5.75 Å². The highest BCUT2D eigenvalue weighted by Gasteiger charge is 2.13. The van der Waals surface area contributed by atoms with Crippen molar-refractivity contribution in [3.05, 3.63) is 29.8 Å². The monoisotopic (exact) mass is 367 g/mol. The zero-order valence-electron chi connectivity index (χ0n) is 16.7. The Morgan fingerprint density at radius 3 is 2.24 bits per heavy atom. The third-order valence-corrected chi connectivity index (χ3v) is 5.22. The molecule has 1 heterocycles. The van der Waals surface area contributed by atoms with Crippen molar-refractivity contribution in [3.8, 4) is 5.75 Å². The van der Waals surface area contributed by atoms with Gasteiger partial charge < -0.3 is 9.64 Å². The van der Waals surface area contributed by atoms with Gasteiger partial charge in [-0.3, -0.25) is 0 Å². The zero-order valence-corrected chi connectivity index (χ0v) is 17.5. The quantitative estimate of drug-likeness (QED) is 0.552. The summed E-state index contributed by atoms with van der Waals surface area (Å²) in [7, 11) is 0. The van der Waals surface area contributed by atoms with Gasteiger partial charge in [-0.15, -0.1) is 12.4 Å². The Hall–Kier alpha value is -0.730. The Bertz CT molecular complexity index is 460. The SMILES string of the molecule is CC(CCCN1CCCCC1)CCOc1ccc(C(C)(C)C)cc1.Cl. The van der Waals surface area contributed by atoms with Crippen LogP contribution in [-0.4, -0.2) is 31.1 Å². The van der Waals surface area contributed by atoms with Crippen molar-refractivity contribution < 1.29 is 4.74 Å². The average molecular weight is 368 g/mol. The number of halogens is 1. The van der Waals surface area contributed by atoms with Gasteiger partial charge in [0.15, 0.2) is 0 Å². The molecule has 0 amide bonds. The van der Waals surface area contributed by atoms with Crippen LogP contribution in [0.25, 0.3) is 0 Å². The molecule has 0 saturated carbocycles. The molecular weight excluding hydrogens is 330 g/mol. The maximum Gasteiger partial charge on any atom is 0.119 e. The lowest BCUT2D eigenvalue weighted by atomic mass is 9.87. The highest BCUT2D eigenvalue weighted by molar-refractivity contribution is 5.85. The molecule has 2 rings (SSSR count). The lowest BCUT2D eigenvalue weighted by molar-refractivity contribution is 0.216. The minimum Gasteiger partial charge on any atom is -0.494 e. The molecule has 1 aromatic carbocycles. The summed E-state index contributed by atoms with van der Waals surface area (Å²) < 4.78 is 5.93. The summed E-state index contributed by atoms with van der Waals surface area (Å²) in [4.78, 5) is 2.64. The van der Waals surface area contributed by atoms with Crippen molar-refractivity contribution in [2.45, 2.75) is 71.6 Å². The molecule has 0 aromatic heterocycles. The third kappa shape index (κ3) is 8.46. The van der Waals surface area contributed by atoms with E-state index < -0.39 is 0 Å². The lowest BCUT2D eigenvalue weighted by Gasteiger charge is -2.26. The first-order chi connectivity index (χ1) is 11.4. The maximum atomic E-state index is 5.93. The Kier molecular flexibility index (Phi) is 9.89. The van der Waals surface area contributed by atoms with Gasteiger partial charge in [-0.2, -0.15) is 0 Å². The van der Waals surface area contributed by atoms with E-state index in [1.165, 1.54) is 57.3 Å². The predicted molar refractivity (Wildman–Crippen MR) is 111 cm³/mol. The summed E-state index contributed by atoms with van der Waals surface area (Å²) in [5.74, 6) is 1.76. The molecule has 1 fully saturated rings. The highest BCUT2D eigenvalue weighted by Crippen LogP contribution is 2.24. The number of hydrogen-bond acceptors (Lipinski definition) is 2. The van der Waals surface area contributed by atoms with E-state index in [1.807, 2.05) is 0 Å². The molecular formula is C22H38ClNO. The van der Waals surface area contributed by atoms with Gasteiger partial charge in [-0.25, -0.2) is 0 Å². The van der Waals surface area contributed by atoms with Gasteiger partial charge >= 0.3 is 0 Å². The number of hydrogen-bond donors (Lipinski definition) is 0. The Labute approximate surface area is 161 Å². The molecule has 1 saturated heterocycles. The van der Waals surface area contributed by atoms with E-state index in [4.69, 9.17) is 4.74 Å². The van der Waals surface area contributed by atoms with E-state index in [1.54, 1.807) is 0 Å². The minimum atomic E-state index is 0. The number of nitrogens with zero attached hydrogens (tertiary/aromatic N) is 1. The van der Waals surface area contributed by atoms with Gasteiger partial charge in [0, 0.05) is 0 Å². The van der Waals surface area contributed by atoms with Gasteiger partial charge in [0.2, 0.25) is 0 Å². The summed E-state index contributed by atoms with van der Waals surface area (Å²) in [5, 5.41) is 0. The number of benzene rings is 1. The molecule has 25 heavy (non-hydrogen) atoms. The first kappa shape index (κ1) is 22.3. The fourth-order valence-electron chi connectivity index (χ4n) is 3.42.